The van der Waals surface area contributed by atoms with Gasteiger partial charge in [-0.3, -0.25) is 9.69 Å². The standard InChI is InChI=1S/C16H17N3OS/c1-11-10-12(6-7-13(11)17-2)19-14(20)16(8-4-5-9-16)18(3)15(19)21/h6-7,10H,4-5,8-9H2,1,3H3. The van der Waals surface area contributed by atoms with E-state index in [2.05, 4.69) is 4.85 Å². The number of carbonyl (C=O) groups is 1. The average Bonchev–Trinajstić information content (AvgIpc) is 3.02. The summed E-state index contributed by atoms with van der Waals surface area (Å²) in [6.07, 6.45) is 3.89. The molecule has 108 valence electrons. The predicted octanol–water partition coefficient (Wildman–Crippen LogP) is 3.42. The topological polar surface area (TPSA) is 27.9 Å². The number of benzene rings is 1. The fourth-order valence-corrected chi connectivity index (χ4v) is 3.78. The highest BCUT2D eigenvalue weighted by atomic mass is 32.1. The van der Waals surface area contributed by atoms with E-state index in [0.717, 1.165) is 36.9 Å². The number of carbonyl (C=O) groups excluding carboxylic acids is 1. The first-order valence-electron chi connectivity index (χ1n) is 7.12. The maximum Gasteiger partial charge on any atom is 0.259 e. The van der Waals surface area contributed by atoms with Gasteiger partial charge in [-0.25, -0.2) is 4.85 Å². The quantitative estimate of drug-likeness (QED) is 0.587. The molecular weight excluding hydrogens is 282 g/mol. The molecule has 1 saturated heterocycles. The zero-order valence-corrected chi connectivity index (χ0v) is 13.0. The van der Waals surface area contributed by atoms with E-state index in [1.165, 1.54) is 0 Å². The van der Waals surface area contributed by atoms with Crippen LogP contribution in [0.25, 0.3) is 4.85 Å². The Hall–Kier alpha value is -1.93. The number of thiocarbonyl (C=S) groups is 1. The van der Waals surface area contributed by atoms with Gasteiger partial charge in [-0.1, -0.05) is 18.9 Å². The van der Waals surface area contributed by atoms with Crippen LogP contribution in [0.5, 0.6) is 0 Å². The maximum atomic E-state index is 13.0. The highest BCUT2D eigenvalue weighted by Crippen LogP contribution is 2.42. The summed E-state index contributed by atoms with van der Waals surface area (Å²) < 4.78 is 0. The van der Waals surface area contributed by atoms with Crippen molar-refractivity contribution in [1.29, 1.82) is 0 Å². The van der Waals surface area contributed by atoms with Gasteiger partial charge >= 0.3 is 0 Å². The molecule has 0 atom stereocenters. The lowest BCUT2D eigenvalue weighted by Gasteiger charge is -2.28. The third kappa shape index (κ3) is 1.86. The lowest BCUT2D eigenvalue weighted by molar-refractivity contribution is -0.124. The van der Waals surface area contributed by atoms with Crippen molar-refractivity contribution in [3.63, 3.8) is 0 Å². The molecule has 1 saturated carbocycles. The van der Waals surface area contributed by atoms with Crippen molar-refractivity contribution >= 4 is 34.6 Å². The van der Waals surface area contributed by atoms with Gasteiger partial charge in [-0.2, -0.15) is 0 Å². The Morgan fingerprint density at radius 3 is 2.57 bits per heavy atom. The first-order chi connectivity index (χ1) is 10.0. The molecule has 1 amide bonds. The van der Waals surface area contributed by atoms with Crippen LogP contribution in [0.4, 0.5) is 11.4 Å². The van der Waals surface area contributed by atoms with Crippen LogP contribution in [0.15, 0.2) is 18.2 Å². The van der Waals surface area contributed by atoms with Gasteiger partial charge < -0.3 is 4.90 Å². The van der Waals surface area contributed by atoms with Crippen LogP contribution in [-0.2, 0) is 4.79 Å². The van der Waals surface area contributed by atoms with Crippen LogP contribution >= 0.6 is 12.2 Å². The number of likely N-dealkylation sites (N-methyl/N-ethyl adjacent to an activating group) is 1. The molecule has 0 unspecified atom stereocenters. The Labute approximate surface area is 130 Å². The fourth-order valence-electron chi connectivity index (χ4n) is 3.41. The van der Waals surface area contributed by atoms with Crippen LogP contribution in [0, 0.1) is 13.5 Å². The van der Waals surface area contributed by atoms with Gasteiger partial charge in [0.1, 0.15) is 5.54 Å². The molecule has 0 aromatic heterocycles. The number of rotatable bonds is 1. The summed E-state index contributed by atoms with van der Waals surface area (Å²) in [5.41, 5.74) is 1.81. The summed E-state index contributed by atoms with van der Waals surface area (Å²) in [7, 11) is 1.92. The highest BCUT2D eigenvalue weighted by molar-refractivity contribution is 7.80. The first-order valence-corrected chi connectivity index (χ1v) is 7.52. The van der Waals surface area contributed by atoms with Crippen LogP contribution in [0.1, 0.15) is 31.2 Å². The lowest BCUT2D eigenvalue weighted by atomic mass is 9.96. The van der Waals surface area contributed by atoms with E-state index < -0.39 is 5.54 Å². The molecule has 1 aliphatic heterocycles. The average molecular weight is 299 g/mol. The third-order valence-corrected chi connectivity index (χ3v) is 5.17. The first kappa shape index (κ1) is 14.0. The van der Waals surface area contributed by atoms with E-state index in [0.29, 0.717) is 10.8 Å². The van der Waals surface area contributed by atoms with E-state index in [9.17, 15) is 4.79 Å². The number of amides is 1. The van der Waals surface area contributed by atoms with Gasteiger partial charge in [0.15, 0.2) is 10.8 Å². The Bertz CT molecular complexity index is 671. The van der Waals surface area contributed by atoms with Gasteiger partial charge in [-0.05, 0) is 49.7 Å². The van der Waals surface area contributed by atoms with E-state index >= 15 is 0 Å². The van der Waals surface area contributed by atoms with Crippen molar-refractivity contribution < 1.29 is 4.79 Å². The number of anilines is 1. The third-order valence-electron chi connectivity index (χ3n) is 4.71. The van der Waals surface area contributed by atoms with Gasteiger partial charge in [0.05, 0.1) is 6.57 Å². The van der Waals surface area contributed by atoms with E-state index in [4.69, 9.17) is 18.8 Å². The molecule has 1 aromatic carbocycles. The number of aryl methyl sites for hydroxylation is 1. The second kappa shape index (κ2) is 4.81. The van der Waals surface area contributed by atoms with E-state index in [1.807, 2.05) is 31.0 Å². The zero-order chi connectivity index (χ0) is 15.2. The minimum Gasteiger partial charge on any atom is -0.337 e. The number of hydrogen-bond donors (Lipinski definition) is 0. The summed E-state index contributed by atoms with van der Waals surface area (Å²) in [6.45, 7) is 9.00. The monoisotopic (exact) mass is 299 g/mol. The lowest BCUT2D eigenvalue weighted by Crippen LogP contribution is -2.45. The van der Waals surface area contributed by atoms with E-state index in [1.54, 1.807) is 11.0 Å². The Morgan fingerprint density at radius 2 is 2.00 bits per heavy atom. The molecule has 0 bridgehead atoms. The molecule has 1 aliphatic carbocycles. The fraction of sp³-hybridized carbons (Fsp3) is 0.438. The largest absolute Gasteiger partial charge is 0.337 e. The zero-order valence-electron chi connectivity index (χ0n) is 12.2. The molecule has 0 N–H and O–H groups in total. The minimum atomic E-state index is -0.441. The van der Waals surface area contributed by atoms with Gasteiger partial charge in [0.2, 0.25) is 0 Å². The molecule has 5 heteroatoms. The van der Waals surface area contributed by atoms with Crippen molar-refractivity contribution in [3.8, 4) is 0 Å². The molecule has 1 heterocycles. The molecule has 4 nitrogen and oxygen atoms in total. The summed E-state index contributed by atoms with van der Waals surface area (Å²) in [5, 5.41) is 0.567. The molecule has 21 heavy (non-hydrogen) atoms. The van der Waals surface area contributed by atoms with Crippen molar-refractivity contribution in [3.05, 3.63) is 35.2 Å². The summed E-state index contributed by atoms with van der Waals surface area (Å²) >= 11 is 5.51. The van der Waals surface area contributed by atoms with Crippen molar-refractivity contribution in [2.45, 2.75) is 38.1 Å². The normalized spacial score (nSPS) is 20.4. The van der Waals surface area contributed by atoms with Gasteiger partial charge in [-0.15, -0.1) is 0 Å². The van der Waals surface area contributed by atoms with Crippen LogP contribution in [-0.4, -0.2) is 28.5 Å². The second-order valence-corrected chi connectivity index (χ2v) is 6.17. The smallest absolute Gasteiger partial charge is 0.259 e. The number of hydrogen-bond acceptors (Lipinski definition) is 2. The molecule has 1 spiro atoms. The van der Waals surface area contributed by atoms with Crippen molar-refractivity contribution in [2.24, 2.45) is 0 Å². The van der Waals surface area contributed by atoms with Crippen molar-refractivity contribution in [1.82, 2.24) is 4.90 Å². The molecular formula is C16H17N3OS. The maximum absolute atomic E-state index is 13.0. The predicted molar refractivity (Wildman–Crippen MR) is 86.5 cm³/mol. The Morgan fingerprint density at radius 1 is 1.33 bits per heavy atom. The molecule has 2 fully saturated rings. The van der Waals surface area contributed by atoms with Crippen LogP contribution < -0.4 is 4.90 Å². The van der Waals surface area contributed by atoms with Gasteiger partial charge in [0.25, 0.3) is 5.91 Å². The summed E-state index contributed by atoms with van der Waals surface area (Å²) in [6, 6.07) is 5.44. The van der Waals surface area contributed by atoms with Crippen LogP contribution in [0.3, 0.4) is 0 Å². The number of nitrogens with zero attached hydrogens (tertiary/aromatic N) is 3. The molecule has 3 rings (SSSR count). The Kier molecular flexibility index (Phi) is 3.22. The molecule has 1 aromatic rings. The van der Waals surface area contributed by atoms with Crippen molar-refractivity contribution in [2.75, 3.05) is 11.9 Å². The molecule has 2 aliphatic rings. The van der Waals surface area contributed by atoms with Crippen LogP contribution in [0.2, 0.25) is 0 Å². The minimum absolute atomic E-state index is 0.0856. The summed E-state index contributed by atoms with van der Waals surface area (Å²) in [5.74, 6) is 0.0856. The molecule has 0 radical (unpaired) electrons. The Balaban J connectivity index is 2.03. The van der Waals surface area contributed by atoms with E-state index in [-0.39, 0.29) is 5.91 Å². The summed E-state index contributed by atoms with van der Waals surface area (Å²) in [4.78, 5) is 20.0. The van der Waals surface area contributed by atoms with Gasteiger partial charge in [0, 0.05) is 12.7 Å². The second-order valence-electron chi connectivity index (χ2n) is 5.80. The SMILES string of the molecule is [C-]#[N+]c1ccc(N2C(=O)C3(CCCC3)N(C)C2=S)cc1C. The highest BCUT2D eigenvalue weighted by Gasteiger charge is 2.55.